The highest BCUT2D eigenvalue weighted by atomic mass is 31.0. The van der Waals surface area contributed by atoms with E-state index in [1.54, 1.807) is 0 Å². The van der Waals surface area contributed by atoms with Crippen LogP contribution in [0.2, 0.25) is 0 Å². The summed E-state index contributed by atoms with van der Waals surface area (Å²) in [5, 5.41) is 0. The van der Waals surface area contributed by atoms with Gasteiger partial charge in [0, 0.05) is 6.54 Å². The molecule has 0 saturated heterocycles. The molecule has 2 heteroatoms. The molecule has 0 spiro atoms. The molecule has 0 heterocycles. The second-order valence-electron chi connectivity index (χ2n) is 2.33. The van der Waals surface area contributed by atoms with Crippen molar-refractivity contribution >= 4 is 9.24 Å². The van der Waals surface area contributed by atoms with Crippen molar-refractivity contribution in [3.63, 3.8) is 0 Å². The number of nitrogens with zero attached hydrogens (tertiary/aromatic N) is 1. The second-order valence-corrected chi connectivity index (χ2v) is 3.47. The van der Waals surface area contributed by atoms with E-state index < -0.39 is 0 Å². The van der Waals surface area contributed by atoms with E-state index in [1.165, 1.54) is 6.54 Å². The van der Waals surface area contributed by atoms with Crippen LogP contribution in [0.1, 0.15) is 13.8 Å². The Balaban J connectivity index is 3.10. The summed E-state index contributed by atoms with van der Waals surface area (Å²) in [6.07, 6.45) is 0. The van der Waals surface area contributed by atoms with Gasteiger partial charge in [-0.25, -0.2) is 0 Å². The van der Waals surface area contributed by atoms with Gasteiger partial charge in [0.2, 0.25) is 0 Å². The normalized spacial score (nSPS) is 14.6. The molecule has 0 rings (SSSR count). The van der Waals surface area contributed by atoms with Gasteiger partial charge in [-0.3, -0.25) is 0 Å². The molecule has 0 radical (unpaired) electrons. The first-order chi connectivity index (χ1) is 3.66. The minimum Gasteiger partial charge on any atom is -0.306 e. The first kappa shape index (κ1) is 8.39. The van der Waals surface area contributed by atoms with Crippen LogP contribution in [0, 0.1) is 0 Å². The van der Waals surface area contributed by atoms with Crippen LogP contribution in [0.5, 0.6) is 0 Å². The van der Waals surface area contributed by atoms with Crippen LogP contribution < -0.4 is 0 Å². The zero-order valence-electron chi connectivity index (χ0n) is 6.02. The van der Waals surface area contributed by atoms with Crippen LogP contribution in [0.15, 0.2) is 0 Å². The smallest absolute Gasteiger partial charge is 0.00385 e. The fourth-order valence-electron chi connectivity index (χ4n) is 0.621. The van der Waals surface area contributed by atoms with Crippen molar-refractivity contribution in [1.82, 2.24) is 4.90 Å². The number of rotatable bonds is 3. The van der Waals surface area contributed by atoms with Crippen molar-refractivity contribution in [3.8, 4) is 0 Å². The Hall–Kier alpha value is 0.390. The van der Waals surface area contributed by atoms with Crippen LogP contribution in [0.25, 0.3) is 0 Å². The molecule has 1 nitrogen and oxygen atoms in total. The van der Waals surface area contributed by atoms with Crippen molar-refractivity contribution in [2.24, 2.45) is 0 Å². The average Bonchev–Trinajstić information content (AvgIpc) is 1.65. The van der Waals surface area contributed by atoms with Gasteiger partial charge in [0.05, 0.1) is 0 Å². The van der Waals surface area contributed by atoms with Crippen molar-refractivity contribution in [3.05, 3.63) is 0 Å². The van der Waals surface area contributed by atoms with Gasteiger partial charge in [-0.05, 0) is 19.3 Å². The summed E-state index contributed by atoms with van der Waals surface area (Å²) in [4.78, 5) is 2.30. The lowest BCUT2D eigenvalue weighted by Gasteiger charge is -2.15. The van der Waals surface area contributed by atoms with Gasteiger partial charge in [-0.15, -0.1) is 9.24 Å². The molecule has 2 unspecified atom stereocenters. The fourth-order valence-corrected chi connectivity index (χ4v) is 0.981. The van der Waals surface area contributed by atoms with Gasteiger partial charge in [0.15, 0.2) is 0 Å². The molecule has 0 bridgehead atoms. The predicted molar refractivity (Wildman–Crippen MR) is 42.3 cm³/mol. The van der Waals surface area contributed by atoms with Crippen LogP contribution >= 0.6 is 9.24 Å². The summed E-state index contributed by atoms with van der Waals surface area (Å²) in [6.45, 7) is 6.71. The maximum Gasteiger partial charge on any atom is 0.00385 e. The summed E-state index contributed by atoms with van der Waals surface area (Å²) in [6, 6.07) is 0. The lowest BCUT2D eigenvalue weighted by Crippen LogP contribution is -2.23. The highest BCUT2D eigenvalue weighted by Crippen LogP contribution is 1.98. The Bertz CT molecular complexity index is 54.5. The summed E-state index contributed by atoms with van der Waals surface area (Å²) in [5.41, 5.74) is 0.722. The minimum absolute atomic E-state index is 0.722. The topological polar surface area (TPSA) is 3.24 Å². The largest absolute Gasteiger partial charge is 0.306 e. The van der Waals surface area contributed by atoms with Gasteiger partial charge < -0.3 is 4.90 Å². The van der Waals surface area contributed by atoms with Gasteiger partial charge in [-0.2, -0.15) is 0 Å². The van der Waals surface area contributed by atoms with Crippen LogP contribution in [-0.4, -0.2) is 30.7 Å². The fraction of sp³-hybridized carbons (Fsp3) is 1.00. The van der Waals surface area contributed by atoms with Crippen LogP contribution in [0.4, 0.5) is 0 Å². The molecular weight excluding hydrogens is 117 g/mol. The van der Waals surface area contributed by atoms with Crippen molar-refractivity contribution < 1.29 is 0 Å². The molecule has 0 aliphatic heterocycles. The summed E-state index contributed by atoms with van der Waals surface area (Å²) in [5.74, 6) is 0. The average molecular weight is 133 g/mol. The molecule has 0 aliphatic rings. The Morgan fingerprint density at radius 1 is 1.62 bits per heavy atom. The molecule has 0 saturated carbocycles. The standard InChI is InChI=1S/C6H16NP/c1-4-7(3)5-6(2)8/h6H,4-5,8H2,1-3H3. The van der Waals surface area contributed by atoms with E-state index in [9.17, 15) is 0 Å². The van der Waals surface area contributed by atoms with E-state index in [4.69, 9.17) is 0 Å². The van der Waals surface area contributed by atoms with E-state index in [2.05, 4.69) is 35.0 Å². The van der Waals surface area contributed by atoms with Gasteiger partial charge in [0.25, 0.3) is 0 Å². The van der Waals surface area contributed by atoms with Crippen LogP contribution in [-0.2, 0) is 0 Å². The summed E-state index contributed by atoms with van der Waals surface area (Å²) in [7, 11) is 4.93. The Morgan fingerprint density at radius 2 is 2.12 bits per heavy atom. The molecule has 0 aliphatic carbocycles. The van der Waals surface area contributed by atoms with Crippen molar-refractivity contribution in [2.75, 3.05) is 20.1 Å². The minimum atomic E-state index is 0.722. The summed E-state index contributed by atoms with van der Waals surface area (Å²) < 4.78 is 0. The van der Waals surface area contributed by atoms with Gasteiger partial charge in [0.1, 0.15) is 0 Å². The first-order valence-corrected chi connectivity index (χ1v) is 3.77. The molecular formula is C6H16NP. The first-order valence-electron chi connectivity index (χ1n) is 3.11. The lowest BCUT2D eigenvalue weighted by atomic mass is 10.4. The van der Waals surface area contributed by atoms with Crippen LogP contribution in [0.3, 0.4) is 0 Å². The molecule has 0 aromatic carbocycles. The third-order valence-electron chi connectivity index (χ3n) is 1.14. The van der Waals surface area contributed by atoms with Crippen molar-refractivity contribution in [1.29, 1.82) is 0 Å². The highest BCUT2D eigenvalue weighted by Gasteiger charge is 1.96. The molecule has 2 atom stereocenters. The Labute approximate surface area is 54.7 Å². The maximum atomic E-state index is 2.79. The van der Waals surface area contributed by atoms with Crippen molar-refractivity contribution in [2.45, 2.75) is 19.5 Å². The molecule has 8 heavy (non-hydrogen) atoms. The Kier molecular flexibility index (Phi) is 4.50. The molecule has 0 aromatic heterocycles. The van der Waals surface area contributed by atoms with Gasteiger partial charge >= 0.3 is 0 Å². The predicted octanol–water partition coefficient (Wildman–Crippen LogP) is 1.20. The maximum absolute atomic E-state index is 2.79. The number of hydrogen-bond acceptors (Lipinski definition) is 1. The van der Waals surface area contributed by atoms with E-state index >= 15 is 0 Å². The highest BCUT2D eigenvalue weighted by molar-refractivity contribution is 7.17. The second kappa shape index (κ2) is 4.29. The third kappa shape index (κ3) is 4.55. The van der Waals surface area contributed by atoms with E-state index in [-0.39, 0.29) is 0 Å². The lowest BCUT2D eigenvalue weighted by molar-refractivity contribution is 0.357. The summed E-state index contributed by atoms with van der Waals surface area (Å²) >= 11 is 0. The zero-order chi connectivity index (χ0) is 6.57. The molecule has 0 fully saturated rings. The Morgan fingerprint density at radius 3 is 2.25 bits per heavy atom. The SMILES string of the molecule is CCN(C)CC(C)P. The third-order valence-corrected chi connectivity index (χ3v) is 1.35. The molecule has 50 valence electrons. The van der Waals surface area contributed by atoms with E-state index in [1.807, 2.05) is 0 Å². The monoisotopic (exact) mass is 133 g/mol. The van der Waals surface area contributed by atoms with E-state index in [0.29, 0.717) is 0 Å². The quantitative estimate of drug-likeness (QED) is 0.523. The van der Waals surface area contributed by atoms with Gasteiger partial charge in [-0.1, -0.05) is 13.8 Å². The molecule has 0 aromatic rings. The number of hydrogen-bond donors (Lipinski definition) is 0. The zero-order valence-corrected chi connectivity index (χ0v) is 7.17. The van der Waals surface area contributed by atoms with E-state index in [0.717, 1.165) is 12.2 Å². The molecule has 0 amide bonds. The molecule has 0 N–H and O–H groups in total.